The highest BCUT2D eigenvalue weighted by atomic mass is 32.1. The zero-order valence-electron chi connectivity index (χ0n) is 16.1. The first-order chi connectivity index (χ1) is 13.3. The summed E-state index contributed by atoms with van der Waals surface area (Å²) in [5.41, 5.74) is 2.88. The summed E-state index contributed by atoms with van der Waals surface area (Å²) in [6, 6.07) is 14.3. The van der Waals surface area contributed by atoms with Crippen LogP contribution in [0.5, 0.6) is 0 Å². The number of thiocarbonyl (C=S) groups is 1. The second-order valence-corrected chi connectivity index (χ2v) is 8.38. The summed E-state index contributed by atoms with van der Waals surface area (Å²) >= 11 is 5.68. The second kappa shape index (κ2) is 7.02. The fraction of sp³-hybridized carbons (Fsp3) is 0.273. The van der Waals surface area contributed by atoms with E-state index in [1.54, 1.807) is 18.3 Å². The maximum absolute atomic E-state index is 13.5. The Kier molecular flexibility index (Phi) is 4.67. The minimum absolute atomic E-state index is 0.0218. The van der Waals surface area contributed by atoms with Crippen LogP contribution in [0.3, 0.4) is 0 Å². The molecule has 3 aromatic rings. The van der Waals surface area contributed by atoms with Crippen molar-refractivity contribution in [1.29, 1.82) is 0 Å². The molecular formula is C22H23FN4S. The van der Waals surface area contributed by atoms with Crippen LogP contribution in [0.25, 0.3) is 0 Å². The van der Waals surface area contributed by atoms with E-state index in [1.165, 1.54) is 12.1 Å². The van der Waals surface area contributed by atoms with Crippen molar-refractivity contribution in [2.45, 2.75) is 38.4 Å². The summed E-state index contributed by atoms with van der Waals surface area (Å²) in [4.78, 5) is 6.61. The summed E-state index contributed by atoms with van der Waals surface area (Å²) in [6.45, 7) is 6.51. The minimum Gasteiger partial charge on any atom is -0.351 e. The molecule has 1 aliphatic rings. The molecule has 6 heteroatoms. The molecule has 2 atom stereocenters. The molecule has 0 amide bonds. The molecule has 0 radical (unpaired) electrons. The molecule has 1 N–H and O–H groups in total. The molecule has 0 spiro atoms. The van der Waals surface area contributed by atoms with E-state index in [0.717, 1.165) is 16.9 Å². The smallest absolute Gasteiger partial charge is 0.174 e. The van der Waals surface area contributed by atoms with Gasteiger partial charge >= 0.3 is 0 Å². The molecule has 1 fully saturated rings. The Hall–Kier alpha value is -2.73. The number of nitrogens with zero attached hydrogens (tertiary/aromatic N) is 3. The number of rotatable bonds is 3. The maximum atomic E-state index is 13.5. The van der Waals surface area contributed by atoms with E-state index in [0.29, 0.717) is 5.11 Å². The van der Waals surface area contributed by atoms with Gasteiger partial charge in [0.1, 0.15) is 5.82 Å². The Bertz CT molecular complexity index is 976. The Labute approximate surface area is 170 Å². The van der Waals surface area contributed by atoms with Gasteiger partial charge in [0.05, 0.1) is 17.8 Å². The standard InChI is InChI=1S/C22H23FN4S/c1-22(2,3)26-13-11-15(14-26)20-19(18-6-4-5-12-24-18)25-21(28)27(20)17-9-7-16(23)8-10-17/h4-14,19-20H,1-3H3,(H,25,28)/t19-,20+/m0/s1. The normalized spacial score (nSPS) is 19.7. The number of pyridine rings is 1. The van der Waals surface area contributed by atoms with Crippen molar-refractivity contribution >= 4 is 23.0 Å². The quantitative estimate of drug-likeness (QED) is 0.637. The lowest BCUT2D eigenvalue weighted by atomic mass is 9.98. The predicted molar refractivity (Wildman–Crippen MR) is 114 cm³/mol. The van der Waals surface area contributed by atoms with E-state index >= 15 is 0 Å². The first-order valence-corrected chi connectivity index (χ1v) is 9.70. The molecule has 0 saturated carbocycles. The van der Waals surface area contributed by atoms with E-state index in [2.05, 4.69) is 59.0 Å². The molecule has 0 aliphatic carbocycles. The molecule has 4 rings (SSSR count). The lowest BCUT2D eigenvalue weighted by Crippen LogP contribution is -2.29. The summed E-state index contributed by atoms with van der Waals surface area (Å²) in [5, 5.41) is 4.03. The monoisotopic (exact) mass is 394 g/mol. The van der Waals surface area contributed by atoms with Gasteiger partial charge in [-0.15, -0.1) is 0 Å². The first kappa shape index (κ1) is 18.6. The molecule has 28 heavy (non-hydrogen) atoms. The van der Waals surface area contributed by atoms with E-state index < -0.39 is 0 Å². The SMILES string of the molecule is CC(C)(C)n1ccc([C@@H]2[C@H](c3ccccn3)NC(=S)N2c2ccc(F)cc2)c1. The number of anilines is 1. The minimum atomic E-state index is -0.265. The predicted octanol–water partition coefficient (Wildman–Crippen LogP) is 4.95. The third-order valence-electron chi connectivity index (χ3n) is 5.03. The summed E-state index contributed by atoms with van der Waals surface area (Å²) in [5.74, 6) is -0.265. The van der Waals surface area contributed by atoms with Gasteiger partial charge in [-0.05, 0) is 81.0 Å². The van der Waals surface area contributed by atoms with E-state index in [4.69, 9.17) is 12.2 Å². The van der Waals surface area contributed by atoms with Gasteiger partial charge in [-0.3, -0.25) is 4.98 Å². The van der Waals surface area contributed by atoms with Crippen LogP contribution in [0.1, 0.15) is 44.1 Å². The van der Waals surface area contributed by atoms with Crippen molar-refractivity contribution < 1.29 is 4.39 Å². The van der Waals surface area contributed by atoms with Gasteiger partial charge in [0.25, 0.3) is 0 Å². The number of nitrogens with one attached hydrogen (secondary N) is 1. The fourth-order valence-electron chi connectivity index (χ4n) is 3.58. The highest BCUT2D eigenvalue weighted by Gasteiger charge is 2.41. The van der Waals surface area contributed by atoms with Gasteiger partial charge in [-0.2, -0.15) is 0 Å². The Morgan fingerprint density at radius 3 is 2.43 bits per heavy atom. The maximum Gasteiger partial charge on any atom is 0.174 e. The first-order valence-electron chi connectivity index (χ1n) is 9.29. The zero-order chi connectivity index (χ0) is 19.9. The fourth-order valence-corrected chi connectivity index (χ4v) is 3.92. The molecule has 144 valence electrons. The van der Waals surface area contributed by atoms with E-state index in [-0.39, 0.29) is 23.4 Å². The molecule has 4 nitrogen and oxygen atoms in total. The van der Waals surface area contributed by atoms with E-state index in [9.17, 15) is 4.39 Å². The highest BCUT2D eigenvalue weighted by Crippen LogP contribution is 2.41. The lowest BCUT2D eigenvalue weighted by molar-refractivity contribution is 0.397. The third-order valence-corrected chi connectivity index (χ3v) is 5.35. The Morgan fingerprint density at radius 2 is 1.82 bits per heavy atom. The zero-order valence-corrected chi connectivity index (χ0v) is 16.9. The topological polar surface area (TPSA) is 33.1 Å². The van der Waals surface area contributed by atoms with E-state index in [1.807, 2.05) is 18.2 Å². The van der Waals surface area contributed by atoms with Gasteiger partial charge in [0.15, 0.2) is 5.11 Å². The van der Waals surface area contributed by atoms with Crippen LogP contribution < -0.4 is 10.2 Å². The van der Waals surface area contributed by atoms with Crippen LogP contribution in [0.15, 0.2) is 67.1 Å². The van der Waals surface area contributed by atoms with Crippen LogP contribution in [0.2, 0.25) is 0 Å². The Morgan fingerprint density at radius 1 is 1.07 bits per heavy atom. The summed E-state index contributed by atoms with van der Waals surface area (Å²) in [7, 11) is 0. The van der Waals surface area contributed by atoms with Crippen molar-refractivity contribution in [2.75, 3.05) is 4.90 Å². The highest BCUT2D eigenvalue weighted by molar-refractivity contribution is 7.80. The molecular weight excluding hydrogens is 371 g/mol. The van der Waals surface area contributed by atoms with Crippen molar-refractivity contribution in [1.82, 2.24) is 14.9 Å². The van der Waals surface area contributed by atoms with Crippen molar-refractivity contribution in [3.8, 4) is 0 Å². The van der Waals surface area contributed by atoms with Crippen molar-refractivity contribution in [3.63, 3.8) is 0 Å². The van der Waals surface area contributed by atoms with Gasteiger partial charge < -0.3 is 14.8 Å². The average molecular weight is 395 g/mol. The average Bonchev–Trinajstić information content (AvgIpc) is 3.28. The number of benzene rings is 1. The van der Waals surface area contributed by atoms with Crippen LogP contribution in [0.4, 0.5) is 10.1 Å². The van der Waals surface area contributed by atoms with Crippen molar-refractivity contribution in [2.24, 2.45) is 0 Å². The molecule has 0 unspecified atom stereocenters. The largest absolute Gasteiger partial charge is 0.351 e. The second-order valence-electron chi connectivity index (χ2n) is 8.00. The molecule has 1 aromatic carbocycles. The Balaban J connectivity index is 1.81. The number of hydrogen-bond acceptors (Lipinski definition) is 2. The number of hydrogen-bond donors (Lipinski definition) is 1. The van der Waals surface area contributed by atoms with Gasteiger partial charge in [0, 0.05) is 29.8 Å². The summed E-state index contributed by atoms with van der Waals surface area (Å²) < 4.78 is 15.7. The van der Waals surface area contributed by atoms with Crippen LogP contribution in [-0.4, -0.2) is 14.7 Å². The van der Waals surface area contributed by atoms with Gasteiger partial charge in [0.2, 0.25) is 0 Å². The van der Waals surface area contributed by atoms with Gasteiger partial charge in [-0.1, -0.05) is 6.07 Å². The lowest BCUT2D eigenvalue weighted by Gasteiger charge is -2.27. The van der Waals surface area contributed by atoms with Crippen LogP contribution in [-0.2, 0) is 5.54 Å². The third kappa shape index (κ3) is 3.40. The van der Waals surface area contributed by atoms with Crippen LogP contribution in [0, 0.1) is 5.82 Å². The summed E-state index contributed by atoms with van der Waals surface area (Å²) in [6.07, 6.45) is 6.04. The molecule has 0 bridgehead atoms. The number of aromatic nitrogens is 2. The molecule has 1 aliphatic heterocycles. The number of halogens is 1. The molecule has 2 aromatic heterocycles. The van der Waals surface area contributed by atoms with Crippen molar-refractivity contribution in [3.05, 3.63) is 84.2 Å². The molecule has 1 saturated heterocycles. The van der Waals surface area contributed by atoms with Crippen LogP contribution >= 0.6 is 12.2 Å². The van der Waals surface area contributed by atoms with Gasteiger partial charge in [-0.25, -0.2) is 4.39 Å². The molecule has 3 heterocycles.